The van der Waals surface area contributed by atoms with E-state index in [1.54, 1.807) is 0 Å². The molecule has 1 aromatic heterocycles. The summed E-state index contributed by atoms with van der Waals surface area (Å²) in [6.45, 7) is 0.0684. The fourth-order valence-electron chi connectivity index (χ4n) is 3.04. The summed E-state index contributed by atoms with van der Waals surface area (Å²) in [6.07, 6.45) is 3.79. The first-order valence-electron chi connectivity index (χ1n) is 6.69. The molecule has 2 aromatic carbocycles. The van der Waals surface area contributed by atoms with Crippen molar-refractivity contribution in [1.29, 1.82) is 0 Å². The summed E-state index contributed by atoms with van der Waals surface area (Å²) in [5, 5.41) is 9.34. The third-order valence-electron chi connectivity index (χ3n) is 3.92. The molecule has 0 saturated heterocycles. The number of imidazole rings is 1. The molecule has 3 nitrogen and oxygen atoms in total. The minimum Gasteiger partial charge on any atom is -0.392 e. The molecule has 0 aliphatic carbocycles. The van der Waals surface area contributed by atoms with Gasteiger partial charge < -0.3 is 9.67 Å². The molecule has 0 amide bonds. The molecule has 0 bridgehead atoms. The van der Waals surface area contributed by atoms with Gasteiger partial charge in [-0.15, -0.1) is 0 Å². The van der Waals surface area contributed by atoms with Crippen LogP contribution in [0.5, 0.6) is 0 Å². The number of aliphatic hydroxyl groups is 1. The molecule has 0 fully saturated rings. The molecule has 1 atom stereocenters. The second kappa shape index (κ2) is 4.32. The van der Waals surface area contributed by atoms with Crippen LogP contribution in [-0.4, -0.2) is 14.7 Å². The van der Waals surface area contributed by atoms with E-state index in [2.05, 4.69) is 45.9 Å². The molecule has 0 saturated carbocycles. The van der Waals surface area contributed by atoms with Crippen LogP contribution in [0.4, 0.5) is 0 Å². The third-order valence-corrected chi connectivity index (χ3v) is 3.92. The van der Waals surface area contributed by atoms with E-state index in [4.69, 9.17) is 0 Å². The average Bonchev–Trinajstić information content (AvgIpc) is 3.07. The molecule has 1 N–H and O–H groups in total. The van der Waals surface area contributed by atoms with Crippen LogP contribution < -0.4 is 0 Å². The quantitative estimate of drug-likeness (QED) is 0.603. The highest BCUT2D eigenvalue weighted by molar-refractivity contribution is 5.70. The third kappa shape index (κ3) is 1.53. The number of nitrogens with zero attached hydrogens (tertiary/aromatic N) is 2. The van der Waals surface area contributed by atoms with Crippen molar-refractivity contribution in [1.82, 2.24) is 9.55 Å². The fourth-order valence-corrected chi connectivity index (χ4v) is 3.04. The fraction of sp³-hybridized carbons (Fsp3) is 0.118. The summed E-state index contributed by atoms with van der Waals surface area (Å²) in [4.78, 5) is 4.27. The zero-order chi connectivity index (χ0) is 13.5. The highest BCUT2D eigenvalue weighted by Gasteiger charge is 2.29. The number of hydrogen-bond donors (Lipinski definition) is 1. The number of aliphatic hydroxyl groups excluding tert-OH is 1. The predicted octanol–water partition coefficient (Wildman–Crippen LogP) is 2.99. The van der Waals surface area contributed by atoms with Crippen molar-refractivity contribution in [2.75, 3.05) is 0 Å². The summed E-state index contributed by atoms with van der Waals surface area (Å²) in [5.74, 6) is 0. The summed E-state index contributed by atoms with van der Waals surface area (Å²) in [7, 11) is 0. The van der Waals surface area contributed by atoms with E-state index in [9.17, 15) is 5.11 Å². The Bertz CT molecular complexity index is 776. The Morgan fingerprint density at radius 1 is 1.10 bits per heavy atom. The Morgan fingerprint density at radius 2 is 2.00 bits per heavy atom. The van der Waals surface area contributed by atoms with Crippen molar-refractivity contribution < 1.29 is 5.11 Å². The topological polar surface area (TPSA) is 38.1 Å². The first-order chi connectivity index (χ1) is 9.88. The van der Waals surface area contributed by atoms with Crippen molar-refractivity contribution in [2.24, 2.45) is 0 Å². The van der Waals surface area contributed by atoms with Crippen LogP contribution in [0.1, 0.15) is 22.7 Å². The average molecular weight is 262 g/mol. The predicted molar refractivity (Wildman–Crippen MR) is 77.3 cm³/mol. The van der Waals surface area contributed by atoms with E-state index in [1.807, 2.05) is 24.7 Å². The van der Waals surface area contributed by atoms with Gasteiger partial charge in [0.05, 0.1) is 30.9 Å². The lowest BCUT2D eigenvalue weighted by atomic mass is 9.96. The molecule has 2 heterocycles. The first-order valence-corrected chi connectivity index (χ1v) is 6.69. The maximum Gasteiger partial charge on any atom is 0.0959 e. The second-order valence-corrected chi connectivity index (χ2v) is 5.08. The van der Waals surface area contributed by atoms with Crippen molar-refractivity contribution >= 4 is 0 Å². The van der Waals surface area contributed by atoms with Crippen LogP contribution in [-0.2, 0) is 6.61 Å². The van der Waals surface area contributed by atoms with Crippen LogP contribution in [0, 0.1) is 0 Å². The van der Waals surface area contributed by atoms with E-state index in [1.165, 1.54) is 16.7 Å². The van der Waals surface area contributed by atoms with Crippen LogP contribution in [0.3, 0.4) is 0 Å². The van der Waals surface area contributed by atoms with Gasteiger partial charge in [0.1, 0.15) is 0 Å². The summed E-state index contributed by atoms with van der Waals surface area (Å²) in [6, 6.07) is 16.7. The van der Waals surface area contributed by atoms with Gasteiger partial charge in [-0.2, -0.15) is 0 Å². The van der Waals surface area contributed by atoms with Crippen molar-refractivity contribution in [3.63, 3.8) is 0 Å². The zero-order valence-corrected chi connectivity index (χ0v) is 10.9. The Balaban J connectivity index is 1.94. The molecule has 3 heteroatoms. The largest absolute Gasteiger partial charge is 0.392 e. The molecule has 0 unspecified atom stereocenters. The molecule has 98 valence electrons. The molecule has 20 heavy (non-hydrogen) atoms. The van der Waals surface area contributed by atoms with Gasteiger partial charge in [-0.25, -0.2) is 4.98 Å². The molecule has 1 aliphatic heterocycles. The lowest BCUT2D eigenvalue weighted by Crippen LogP contribution is -2.07. The maximum absolute atomic E-state index is 9.34. The molecular weight excluding hydrogens is 248 g/mol. The van der Waals surface area contributed by atoms with Crippen molar-refractivity contribution in [2.45, 2.75) is 12.6 Å². The minimum absolute atomic E-state index is 0.0684. The van der Waals surface area contributed by atoms with Gasteiger partial charge in [0.25, 0.3) is 0 Å². The lowest BCUT2D eigenvalue weighted by Gasteiger charge is -2.16. The zero-order valence-electron chi connectivity index (χ0n) is 10.9. The SMILES string of the molecule is OCc1cccc([C@H]2c3ccccc3-c3cncn32)c1. The van der Waals surface area contributed by atoms with E-state index >= 15 is 0 Å². The van der Waals surface area contributed by atoms with Gasteiger partial charge in [-0.05, 0) is 16.7 Å². The molecular formula is C17H14N2O. The number of hydrogen-bond acceptors (Lipinski definition) is 2. The van der Waals surface area contributed by atoms with Crippen LogP contribution in [0.2, 0.25) is 0 Å². The van der Waals surface area contributed by atoms with Gasteiger partial charge in [-0.3, -0.25) is 0 Å². The number of aromatic nitrogens is 2. The lowest BCUT2D eigenvalue weighted by molar-refractivity contribution is 0.281. The normalized spacial score (nSPS) is 15.9. The van der Waals surface area contributed by atoms with Crippen LogP contribution in [0.15, 0.2) is 61.1 Å². The maximum atomic E-state index is 9.34. The summed E-state index contributed by atoms with van der Waals surface area (Å²) >= 11 is 0. The minimum atomic E-state index is 0.0684. The van der Waals surface area contributed by atoms with Gasteiger partial charge in [0, 0.05) is 5.56 Å². The van der Waals surface area contributed by atoms with Gasteiger partial charge in [0.2, 0.25) is 0 Å². The molecule has 1 aliphatic rings. The monoisotopic (exact) mass is 262 g/mol. The molecule has 4 rings (SSSR count). The van der Waals surface area contributed by atoms with Crippen LogP contribution >= 0.6 is 0 Å². The highest BCUT2D eigenvalue weighted by atomic mass is 16.3. The Morgan fingerprint density at radius 3 is 2.90 bits per heavy atom. The van der Waals surface area contributed by atoms with Crippen molar-refractivity contribution in [3.05, 3.63) is 77.7 Å². The van der Waals surface area contributed by atoms with Gasteiger partial charge in [-0.1, -0.05) is 48.5 Å². The first kappa shape index (κ1) is 11.4. The number of benzene rings is 2. The highest BCUT2D eigenvalue weighted by Crippen LogP contribution is 2.42. The van der Waals surface area contributed by atoms with Gasteiger partial charge >= 0.3 is 0 Å². The van der Waals surface area contributed by atoms with E-state index < -0.39 is 0 Å². The number of rotatable bonds is 2. The van der Waals surface area contributed by atoms with E-state index in [0.29, 0.717) is 0 Å². The van der Waals surface area contributed by atoms with E-state index in [-0.39, 0.29) is 12.6 Å². The Kier molecular flexibility index (Phi) is 2.47. The molecule has 0 radical (unpaired) electrons. The molecule has 3 aromatic rings. The van der Waals surface area contributed by atoms with Gasteiger partial charge in [0.15, 0.2) is 0 Å². The summed E-state index contributed by atoms with van der Waals surface area (Å²) in [5.41, 5.74) is 5.80. The Hall–Kier alpha value is -2.39. The Labute approximate surface area is 117 Å². The smallest absolute Gasteiger partial charge is 0.0959 e. The molecule has 0 spiro atoms. The van der Waals surface area contributed by atoms with Crippen LogP contribution in [0.25, 0.3) is 11.3 Å². The van der Waals surface area contributed by atoms with Crippen molar-refractivity contribution in [3.8, 4) is 11.3 Å². The summed E-state index contributed by atoms with van der Waals surface area (Å²) < 4.78 is 2.20. The standard InChI is InChI=1S/C17H14N2O/c20-10-12-4-3-5-13(8-12)17-15-7-2-1-6-14(15)16-9-18-11-19(16)17/h1-9,11,17,20H,10H2/t17-/m0/s1. The van der Waals surface area contributed by atoms with E-state index in [0.717, 1.165) is 11.3 Å². The second-order valence-electron chi connectivity index (χ2n) is 5.08. The number of fused-ring (bicyclic) bond motifs is 3.